The molecule has 1 aliphatic carbocycles. The number of nitrogens with one attached hydrogen (secondary N) is 1. The van der Waals surface area contributed by atoms with Crippen LogP contribution in [0.25, 0.3) is 5.70 Å². The van der Waals surface area contributed by atoms with Gasteiger partial charge < -0.3 is 14.5 Å². The first-order valence-corrected chi connectivity index (χ1v) is 8.80. The second-order valence-corrected chi connectivity index (χ2v) is 6.96. The Balaban J connectivity index is 1.96. The third kappa shape index (κ3) is 2.35. The van der Waals surface area contributed by atoms with Crippen molar-refractivity contribution in [1.29, 1.82) is 0 Å². The molecule has 0 amide bonds. The third-order valence-electron chi connectivity index (χ3n) is 4.53. The van der Waals surface area contributed by atoms with E-state index in [0.717, 1.165) is 11.3 Å². The summed E-state index contributed by atoms with van der Waals surface area (Å²) in [4.78, 5) is 25.5. The van der Waals surface area contributed by atoms with Gasteiger partial charge in [0, 0.05) is 22.4 Å². The summed E-state index contributed by atoms with van der Waals surface area (Å²) in [5.41, 5.74) is 3.79. The molecule has 5 nitrogen and oxygen atoms in total. The number of methoxy groups -OCH3 is 1. The summed E-state index contributed by atoms with van der Waals surface area (Å²) in [5.74, 6) is -0.605. The molecular weight excluding hydrogens is 433 g/mol. The quantitative estimate of drug-likeness (QED) is 0.563. The number of furan rings is 1. The molecule has 1 aromatic heterocycles. The Kier molecular flexibility index (Phi) is 3.79. The maximum atomic E-state index is 13.1. The number of dihydropyridines is 1. The van der Waals surface area contributed by atoms with E-state index in [1.54, 1.807) is 12.1 Å². The SMILES string of the molecule is COC(=O)C1=C(C)NC2=C(C(=O)c3ccccc32)C1c1ccc(I)o1. The van der Waals surface area contributed by atoms with Gasteiger partial charge in [-0.05, 0) is 41.6 Å². The van der Waals surface area contributed by atoms with E-state index in [1.807, 2.05) is 31.2 Å². The monoisotopic (exact) mass is 447 g/mol. The van der Waals surface area contributed by atoms with Gasteiger partial charge in [-0.2, -0.15) is 0 Å². The molecule has 0 bridgehead atoms. The van der Waals surface area contributed by atoms with E-state index in [-0.39, 0.29) is 5.78 Å². The molecule has 1 atom stereocenters. The molecule has 1 aromatic carbocycles. The lowest BCUT2D eigenvalue weighted by molar-refractivity contribution is -0.136. The number of carbonyl (C=O) groups excluding carboxylic acids is 2. The minimum absolute atomic E-state index is 0.0941. The number of fused-ring (bicyclic) bond motifs is 2. The Morgan fingerprint density at radius 3 is 2.56 bits per heavy atom. The standard InChI is InChI=1S/C19H14INO4/c1-9-14(19(23)24-2)15(12-7-8-13(20)25-12)16-17(21-9)10-5-3-4-6-11(10)18(16)22/h3-8,15,21H,1-2H3. The Bertz CT molecular complexity index is 983. The minimum atomic E-state index is -0.591. The number of Topliss-reactive ketones (excluding diaryl/α,β-unsaturated/α-hetero) is 1. The lowest BCUT2D eigenvalue weighted by Gasteiger charge is -2.27. The summed E-state index contributed by atoms with van der Waals surface area (Å²) in [7, 11) is 1.33. The van der Waals surface area contributed by atoms with Crippen LogP contribution in [0.3, 0.4) is 0 Å². The number of hydrogen-bond acceptors (Lipinski definition) is 5. The van der Waals surface area contributed by atoms with Gasteiger partial charge in [0.25, 0.3) is 0 Å². The predicted molar refractivity (Wildman–Crippen MR) is 99.7 cm³/mol. The number of allylic oxidation sites excluding steroid dienone is 2. The highest BCUT2D eigenvalue weighted by atomic mass is 127. The highest BCUT2D eigenvalue weighted by Gasteiger charge is 2.44. The van der Waals surface area contributed by atoms with Crippen LogP contribution >= 0.6 is 22.6 Å². The third-order valence-corrected chi connectivity index (χ3v) is 5.11. The van der Waals surface area contributed by atoms with Crippen molar-refractivity contribution in [1.82, 2.24) is 5.32 Å². The second-order valence-electron chi connectivity index (χ2n) is 5.89. The largest absolute Gasteiger partial charge is 0.466 e. The van der Waals surface area contributed by atoms with Crippen molar-refractivity contribution in [3.63, 3.8) is 0 Å². The van der Waals surface area contributed by atoms with Crippen molar-refractivity contribution < 1.29 is 18.7 Å². The van der Waals surface area contributed by atoms with E-state index in [1.165, 1.54) is 7.11 Å². The van der Waals surface area contributed by atoms with Gasteiger partial charge in [-0.25, -0.2) is 4.79 Å². The van der Waals surface area contributed by atoms with E-state index >= 15 is 0 Å². The average molecular weight is 447 g/mol. The summed E-state index contributed by atoms with van der Waals surface area (Å²) >= 11 is 2.07. The maximum absolute atomic E-state index is 13.1. The highest BCUT2D eigenvalue weighted by Crippen LogP contribution is 2.46. The van der Waals surface area contributed by atoms with Gasteiger partial charge in [-0.15, -0.1) is 0 Å². The fourth-order valence-corrected chi connectivity index (χ4v) is 3.91. The zero-order valence-corrected chi connectivity index (χ0v) is 15.7. The van der Waals surface area contributed by atoms with Gasteiger partial charge >= 0.3 is 5.97 Å². The van der Waals surface area contributed by atoms with Gasteiger partial charge in [-0.3, -0.25) is 4.79 Å². The zero-order chi connectivity index (χ0) is 17.7. The van der Waals surface area contributed by atoms with Crippen LogP contribution in [-0.2, 0) is 9.53 Å². The second kappa shape index (κ2) is 5.87. The van der Waals surface area contributed by atoms with Crippen molar-refractivity contribution in [2.75, 3.05) is 7.11 Å². The molecule has 1 unspecified atom stereocenters. The van der Waals surface area contributed by atoms with Crippen LogP contribution in [0.2, 0.25) is 0 Å². The first-order valence-electron chi connectivity index (χ1n) is 7.72. The summed E-state index contributed by atoms with van der Waals surface area (Å²) in [6.45, 7) is 1.81. The number of esters is 1. The molecule has 4 rings (SSSR count). The van der Waals surface area contributed by atoms with Crippen molar-refractivity contribution in [2.45, 2.75) is 12.8 Å². The van der Waals surface area contributed by atoms with Crippen molar-refractivity contribution in [3.05, 3.63) is 73.9 Å². The van der Waals surface area contributed by atoms with Crippen LogP contribution < -0.4 is 5.32 Å². The number of rotatable bonds is 2. The number of ketones is 1. The summed E-state index contributed by atoms with van der Waals surface area (Å²) < 4.78 is 11.4. The van der Waals surface area contributed by atoms with Crippen LogP contribution in [0.1, 0.15) is 34.5 Å². The number of halogens is 1. The number of ether oxygens (including phenoxy) is 1. The molecule has 2 heterocycles. The van der Waals surface area contributed by atoms with E-state index < -0.39 is 11.9 Å². The fourth-order valence-electron chi connectivity index (χ4n) is 3.48. The Hall–Kier alpha value is -2.35. The minimum Gasteiger partial charge on any atom is -0.466 e. The van der Waals surface area contributed by atoms with Gasteiger partial charge in [0.2, 0.25) is 0 Å². The maximum Gasteiger partial charge on any atom is 0.336 e. The molecule has 0 saturated carbocycles. The van der Waals surface area contributed by atoms with Crippen LogP contribution in [0.5, 0.6) is 0 Å². The molecule has 126 valence electrons. The molecule has 6 heteroatoms. The van der Waals surface area contributed by atoms with Crippen LogP contribution in [0, 0.1) is 3.77 Å². The molecule has 0 saturated heterocycles. The van der Waals surface area contributed by atoms with E-state index in [0.29, 0.717) is 31.9 Å². The molecule has 0 fully saturated rings. The Morgan fingerprint density at radius 2 is 1.92 bits per heavy atom. The topological polar surface area (TPSA) is 68.5 Å². The fraction of sp³-hybridized carbons (Fsp3) is 0.158. The molecule has 25 heavy (non-hydrogen) atoms. The zero-order valence-electron chi connectivity index (χ0n) is 13.6. The number of benzene rings is 1. The smallest absolute Gasteiger partial charge is 0.336 e. The van der Waals surface area contributed by atoms with Crippen molar-refractivity contribution in [2.24, 2.45) is 0 Å². The van der Waals surface area contributed by atoms with Gasteiger partial charge in [0.05, 0.1) is 24.3 Å². The lowest BCUT2D eigenvalue weighted by Crippen LogP contribution is -2.28. The highest BCUT2D eigenvalue weighted by molar-refractivity contribution is 14.1. The molecule has 1 N–H and O–H groups in total. The van der Waals surface area contributed by atoms with Gasteiger partial charge in [-0.1, -0.05) is 24.3 Å². The van der Waals surface area contributed by atoms with Crippen molar-refractivity contribution >= 4 is 40.0 Å². The van der Waals surface area contributed by atoms with Crippen LogP contribution in [-0.4, -0.2) is 18.9 Å². The van der Waals surface area contributed by atoms with Gasteiger partial charge in [0.1, 0.15) is 5.76 Å². The van der Waals surface area contributed by atoms with Crippen LogP contribution in [0.15, 0.2) is 57.7 Å². The number of carbonyl (C=O) groups is 2. The van der Waals surface area contributed by atoms with Gasteiger partial charge in [0.15, 0.2) is 9.55 Å². The predicted octanol–water partition coefficient (Wildman–Crippen LogP) is 3.63. The first kappa shape index (κ1) is 16.1. The summed E-state index contributed by atoms with van der Waals surface area (Å²) in [6, 6.07) is 11.0. The van der Waals surface area contributed by atoms with E-state index in [2.05, 4.69) is 27.9 Å². The molecule has 2 aromatic rings. The van der Waals surface area contributed by atoms with E-state index in [9.17, 15) is 9.59 Å². The first-order chi connectivity index (χ1) is 12.0. The Morgan fingerprint density at radius 1 is 1.20 bits per heavy atom. The molecule has 0 spiro atoms. The summed E-state index contributed by atoms with van der Waals surface area (Å²) in [5, 5.41) is 3.23. The molecule has 2 aliphatic rings. The average Bonchev–Trinajstić information content (AvgIpc) is 3.16. The molecular formula is C19H14INO4. The number of hydrogen-bond donors (Lipinski definition) is 1. The van der Waals surface area contributed by atoms with Crippen molar-refractivity contribution in [3.8, 4) is 0 Å². The van der Waals surface area contributed by atoms with E-state index in [4.69, 9.17) is 9.15 Å². The van der Waals surface area contributed by atoms with Crippen LogP contribution in [0.4, 0.5) is 0 Å². The summed E-state index contributed by atoms with van der Waals surface area (Å²) in [6.07, 6.45) is 0. The lowest BCUT2D eigenvalue weighted by atomic mass is 9.83. The molecule has 1 aliphatic heterocycles. The molecule has 0 radical (unpaired) electrons. The normalized spacial score (nSPS) is 18.8. The Labute approximate surface area is 157 Å².